The number of hydrogen-bond donors (Lipinski definition) is 0. The van der Waals surface area contributed by atoms with Gasteiger partial charge in [-0.3, -0.25) is 0 Å². The van der Waals surface area contributed by atoms with Crippen LogP contribution in [0, 0.1) is 30.1 Å². The summed E-state index contributed by atoms with van der Waals surface area (Å²) in [6, 6.07) is 10.7. The SMILES string of the molecule is CC1CCC(C(C)C)C([C]c2ccccc2)C1. The third-order valence-corrected chi connectivity index (χ3v) is 4.15. The van der Waals surface area contributed by atoms with Gasteiger partial charge in [0.05, 0.1) is 0 Å². The van der Waals surface area contributed by atoms with E-state index in [0.29, 0.717) is 5.92 Å². The van der Waals surface area contributed by atoms with Crippen LogP contribution in [0.2, 0.25) is 0 Å². The highest BCUT2D eigenvalue weighted by Gasteiger charge is 2.30. The van der Waals surface area contributed by atoms with Gasteiger partial charge in [-0.1, -0.05) is 57.5 Å². The van der Waals surface area contributed by atoms with Crippen molar-refractivity contribution in [2.75, 3.05) is 0 Å². The lowest BCUT2D eigenvalue weighted by atomic mass is 9.68. The van der Waals surface area contributed by atoms with E-state index >= 15 is 0 Å². The van der Waals surface area contributed by atoms with Gasteiger partial charge in [0.2, 0.25) is 0 Å². The van der Waals surface area contributed by atoms with Crippen LogP contribution in [0.5, 0.6) is 0 Å². The molecule has 2 radical (unpaired) electrons. The van der Waals surface area contributed by atoms with Crippen LogP contribution < -0.4 is 0 Å². The molecule has 0 bridgehead atoms. The molecule has 92 valence electrons. The second-order valence-electron chi connectivity index (χ2n) is 5.94. The van der Waals surface area contributed by atoms with Crippen molar-refractivity contribution in [3.8, 4) is 0 Å². The van der Waals surface area contributed by atoms with Crippen molar-refractivity contribution in [3.05, 3.63) is 42.3 Å². The minimum Gasteiger partial charge on any atom is -0.0625 e. The molecule has 0 nitrogen and oxygen atoms in total. The molecular weight excluding hydrogens is 204 g/mol. The summed E-state index contributed by atoms with van der Waals surface area (Å²) >= 11 is 0. The van der Waals surface area contributed by atoms with Crippen molar-refractivity contribution >= 4 is 0 Å². The van der Waals surface area contributed by atoms with Crippen molar-refractivity contribution in [1.82, 2.24) is 0 Å². The zero-order valence-corrected chi connectivity index (χ0v) is 11.3. The Morgan fingerprint density at radius 1 is 1.12 bits per heavy atom. The third kappa shape index (κ3) is 3.34. The molecule has 0 amide bonds. The van der Waals surface area contributed by atoms with Gasteiger partial charge in [0.1, 0.15) is 0 Å². The van der Waals surface area contributed by atoms with E-state index in [1.54, 1.807) is 0 Å². The standard InChI is InChI=1S/C17H24/c1-13(2)17-10-9-14(3)11-16(17)12-15-7-5-4-6-8-15/h4-8,13-14,16-17H,9-11H2,1-3H3. The van der Waals surface area contributed by atoms with Crippen LogP contribution in [0.1, 0.15) is 45.6 Å². The predicted octanol–water partition coefficient (Wildman–Crippen LogP) is 4.82. The Labute approximate surface area is 106 Å². The van der Waals surface area contributed by atoms with Gasteiger partial charge in [0, 0.05) is 6.42 Å². The molecule has 0 aromatic heterocycles. The first-order valence-corrected chi connectivity index (χ1v) is 6.98. The summed E-state index contributed by atoms with van der Waals surface area (Å²) in [5, 5.41) is 0. The maximum atomic E-state index is 3.74. The van der Waals surface area contributed by atoms with Crippen LogP contribution in [0.15, 0.2) is 30.3 Å². The monoisotopic (exact) mass is 228 g/mol. The normalized spacial score (nSPS) is 29.5. The van der Waals surface area contributed by atoms with Crippen molar-refractivity contribution in [3.63, 3.8) is 0 Å². The average Bonchev–Trinajstić information content (AvgIpc) is 2.30. The van der Waals surface area contributed by atoms with E-state index in [0.717, 1.165) is 17.8 Å². The first kappa shape index (κ1) is 12.7. The van der Waals surface area contributed by atoms with Crippen molar-refractivity contribution in [2.45, 2.75) is 40.0 Å². The van der Waals surface area contributed by atoms with Gasteiger partial charge in [-0.25, -0.2) is 0 Å². The van der Waals surface area contributed by atoms with Crippen LogP contribution >= 0.6 is 0 Å². The Morgan fingerprint density at radius 3 is 2.47 bits per heavy atom. The molecular formula is C17H24. The number of benzene rings is 1. The first-order chi connectivity index (χ1) is 8.16. The molecule has 0 spiro atoms. The largest absolute Gasteiger partial charge is 0.0625 e. The lowest BCUT2D eigenvalue weighted by Crippen LogP contribution is -2.28. The molecule has 0 aliphatic heterocycles. The average molecular weight is 228 g/mol. The molecule has 0 heterocycles. The molecule has 1 aromatic rings. The second-order valence-corrected chi connectivity index (χ2v) is 5.94. The minimum atomic E-state index is 0.654. The zero-order valence-electron chi connectivity index (χ0n) is 11.3. The molecule has 0 saturated heterocycles. The maximum absolute atomic E-state index is 3.74. The topological polar surface area (TPSA) is 0 Å². The Bertz CT molecular complexity index is 325. The van der Waals surface area contributed by atoms with E-state index in [1.807, 2.05) is 0 Å². The van der Waals surface area contributed by atoms with Crippen molar-refractivity contribution in [2.24, 2.45) is 23.7 Å². The Morgan fingerprint density at radius 2 is 1.82 bits per heavy atom. The van der Waals surface area contributed by atoms with Crippen LogP contribution in [0.4, 0.5) is 0 Å². The van der Waals surface area contributed by atoms with Crippen LogP contribution in [0.25, 0.3) is 0 Å². The van der Waals surface area contributed by atoms with Crippen molar-refractivity contribution < 1.29 is 0 Å². The van der Waals surface area contributed by atoms with Gasteiger partial charge in [-0.15, -0.1) is 0 Å². The molecule has 2 rings (SSSR count). The third-order valence-electron chi connectivity index (χ3n) is 4.15. The highest BCUT2D eigenvalue weighted by atomic mass is 14.4. The summed E-state index contributed by atoms with van der Waals surface area (Å²) < 4.78 is 0. The first-order valence-electron chi connectivity index (χ1n) is 6.98. The molecule has 1 aliphatic rings. The van der Waals surface area contributed by atoms with E-state index in [1.165, 1.54) is 24.8 Å². The van der Waals surface area contributed by atoms with Crippen LogP contribution in [0.3, 0.4) is 0 Å². The van der Waals surface area contributed by atoms with E-state index in [-0.39, 0.29) is 0 Å². The van der Waals surface area contributed by atoms with Crippen LogP contribution in [-0.4, -0.2) is 0 Å². The fourth-order valence-corrected chi connectivity index (χ4v) is 3.12. The molecule has 3 unspecified atom stereocenters. The molecule has 1 saturated carbocycles. The van der Waals surface area contributed by atoms with Gasteiger partial charge in [-0.05, 0) is 42.1 Å². The fourth-order valence-electron chi connectivity index (χ4n) is 3.12. The smallest absolute Gasteiger partial charge is 0.0201 e. The zero-order chi connectivity index (χ0) is 12.3. The van der Waals surface area contributed by atoms with Gasteiger partial charge in [0.15, 0.2) is 0 Å². The summed E-state index contributed by atoms with van der Waals surface area (Å²) in [5.74, 6) is 3.13. The maximum Gasteiger partial charge on any atom is 0.0201 e. The molecule has 1 aromatic carbocycles. The predicted molar refractivity (Wildman–Crippen MR) is 73.6 cm³/mol. The lowest BCUT2D eigenvalue weighted by Gasteiger charge is -2.37. The highest BCUT2D eigenvalue weighted by Crippen LogP contribution is 2.40. The van der Waals surface area contributed by atoms with E-state index in [9.17, 15) is 0 Å². The fraction of sp³-hybridized carbons (Fsp3) is 0.588. The quantitative estimate of drug-likeness (QED) is 0.695. The minimum absolute atomic E-state index is 0.654. The van der Waals surface area contributed by atoms with Crippen molar-refractivity contribution in [1.29, 1.82) is 0 Å². The van der Waals surface area contributed by atoms with E-state index in [2.05, 4.69) is 57.5 Å². The summed E-state index contributed by atoms with van der Waals surface area (Å²) in [4.78, 5) is 0. The summed E-state index contributed by atoms with van der Waals surface area (Å²) in [6.45, 7) is 7.11. The molecule has 1 aliphatic carbocycles. The Balaban J connectivity index is 2.05. The lowest BCUT2D eigenvalue weighted by molar-refractivity contribution is 0.169. The molecule has 1 fully saturated rings. The molecule has 17 heavy (non-hydrogen) atoms. The Hall–Kier alpha value is -0.780. The second kappa shape index (κ2) is 5.71. The van der Waals surface area contributed by atoms with Gasteiger partial charge in [-0.2, -0.15) is 0 Å². The highest BCUT2D eigenvalue weighted by molar-refractivity contribution is 5.24. The molecule has 0 heteroatoms. The molecule has 3 atom stereocenters. The number of hydrogen-bond acceptors (Lipinski definition) is 0. The summed E-state index contributed by atoms with van der Waals surface area (Å²) in [6.07, 6.45) is 7.84. The summed E-state index contributed by atoms with van der Waals surface area (Å²) in [7, 11) is 0. The van der Waals surface area contributed by atoms with Gasteiger partial charge >= 0.3 is 0 Å². The van der Waals surface area contributed by atoms with E-state index < -0.39 is 0 Å². The van der Waals surface area contributed by atoms with Gasteiger partial charge in [0.25, 0.3) is 0 Å². The Kier molecular flexibility index (Phi) is 4.25. The van der Waals surface area contributed by atoms with E-state index in [4.69, 9.17) is 0 Å². The molecule has 0 N–H and O–H groups in total. The number of rotatable bonds is 3. The summed E-state index contributed by atoms with van der Waals surface area (Å²) in [5.41, 5.74) is 1.28. The van der Waals surface area contributed by atoms with Gasteiger partial charge < -0.3 is 0 Å². The van der Waals surface area contributed by atoms with Crippen LogP contribution in [-0.2, 0) is 0 Å².